The molecule has 5 nitrogen and oxygen atoms in total. The van der Waals surface area contributed by atoms with E-state index in [4.69, 9.17) is 10.5 Å². The van der Waals surface area contributed by atoms with Crippen molar-refractivity contribution in [3.8, 4) is 0 Å². The Labute approximate surface area is 105 Å². The van der Waals surface area contributed by atoms with E-state index in [1.807, 2.05) is 20.9 Å². The molecule has 0 rings (SSSR count). The van der Waals surface area contributed by atoms with Crippen LogP contribution in [0, 0.1) is 0 Å². The van der Waals surface area contributed by atoms with E-state index < -0.39 is 0 Å². The average molecular weight is 245 g/mol. The first-order valence-electron chi connectivity index (χ1n) is 6.10. The molecule has 0 aromatic rings. The van der Waals surface area contributed by atoms with Gasteiger partial charge in [-0.1, -0.05) is 0 Å². The smallest absolute Gasteiger partial charge is 0.223 e. The quantitative estimate of drug-likeness (QED) is 0.661. The summed E-state index contributed by atoms with van der Waals surface area (Å²) in [4.78, 5) is 15.3. The molecule has 0 aromatic heterocycles. The molecular weight excluding hydrogens is 218 g/mol. The zero-order valence-corrected chi connectivity index (χ0v) is 11.8. The van der Waals surface area contributed by atoms with Crippen molar-refractivity contribution in [3.05, 3.63) is 0 Å². The standard InChI is InChI=1S/C12H27N3O2/c1-10(2)17-7-6-15(5)11(9-13)8-12(16)14(3)4/h10-11H,6-9,13H2,1-5H3. The van der Waals surface area contributed by atoms with E-state index in [1.54, 1.807) is 19.0 Å². The molecule has 102 valence electrons. The van der Waals surface area contributed by atoms with Gasteiger partial charge >= 0.3 is 0 Å². The monoisotopic (exact) mass is 245 g/mol. The second-order valence-corrected chi connectivity index (χ2v) is 4.78. The van der Waals surface area contributed by atoms with Gasteiger partial charge in [-0.3, -0.25) is 9.69 Å². The molecular formula is C12H27N3O2. The van der Waals surface area contributed by atoms with Crippen LogP contribution in [0.15, 0.2) is 0 Å². The van der Waals surface area contributed by atoms with Crippen LogP contribution in [0.4, 0.5) is 0 Å². The second kappa shape index (κ2) is 8.44. The Morgan fingerprint density at radius 1 is 1.29 bits per heavy atom. The number of carbonyl (C=O) groups is 1. The van der Waals surface area contributed by atoms with Gasteiger partial charge in [0.25, 0.3) is 0 Å². The van der Waals surface area contributed by atoms with Crippen LogP contribution < -0.4 is 5.73 Å². The lowest BCUT2D eigenvalue weighted by molar-refractivity contribution is -0.129. The topological polar surface area (TPSA) is 58.8 Å². The lowest BCUT2D eigenvalue weighted by Gasteiger charge is -2.27. The maximum Gasteiger partial charge on any atom is 0.223 e. The summed E-state index contributed by atoms with van der Waals surface area (Å²) in [5, 5.41) is 0. The third-order valence-electron chi connectivity index (χ3n) is 2.70. The number of hydrogen-bond acceptors (Lipinski definition) is 4. The highest BCUT2D eigenvalue weighted by Gasteiger charge is 2.18. The zero-order valence-electron chi connectivity index (χ0n) is 11.8. The number of ether oxygens (including phenoxy) is 1. The van der Waals surface area contributed by atoms with Crippen LogP contribution in [-0.2, 0) is 9.53 Å². The molecule has 0 aliphatic heterocycles. The number of hydrogen-bond donors (Lipinski definition) is 1. The highest BCUT2D eigenvalue weighted by atomic mass is 16.5. The van der Waals surface area contributed by atoms with Crippen molar-refractivity contribution in [2.45, 2.75) is 32.4 Å². The molecule has 1 atom stereocenters. The van der Waals surface area contributed by atoms with Gasteiger partial charge in [-0.2, -0.15) is 0 Å². The zero-order chi connectivity index (χ0) is 13.4. The van der Waals surface area contributed by atoms with Gasteiger partial charge in [0.15, 0.2) is 0 Å². The van der Waals surface area contributed by atoms with Crippen LogP contribution >= 0.6 is 0 Å². The minimum atomic E-state index is 0.0839. The SMILES string of the molecule is CC(C)OCCN(C)C(CN)CC(=O)N(C)C. The van der Waals surface area contributed by atoms with Gasteiger partial charge < -0.3 is 15.4 Å². The normalized spacial score (nSPS) is 13.2. The van der Waals surface area contributed by atoms with Crippen LogP contribution in [0.5, 0.6) is 0 Å². The van der Waals surface area contributed by atoms with Crippen LogP contribution in [0.3, 0.4) is 0 Å². The molecule has 0 aliphatic rings. The lowest BCUT2D eigenvalue weighted by atomic mass is 10.1. The predicted octanol–water partition coefficient (Wildman–Crippen LogP) is 0.149. The Morgan fingerprint density at radius 2 is 1.88 bits per heavy atom. The van der Waals surface area contributed by atoms with Crippen molar-refractivity contribution in [2.75, 3.05) is 40.8 Å². The summed E-state index contributed by atoms with van der Waals surface area (Å²) in [6, 6.07) is 0.0839. The fourth-order valence-electron chi connectivity index (χ4n) is 1.42. The minimum absolute atomic E-state index is 0.0839. The fraction of sp³-hybridized carbons (Fsp3) is 0.917. The molecule has 1 amide bonds. The molecule has 0 aliphatic carbocycles. The molecule has 0 saturated heterocycles. The number of nitrogens with two attached hydrogens (primary N) is 1. The number of amides is 1. The molecule has 0 bridgehead atoms. The Balaban J connectivity index is 4.03. The van der Waals surface area contributed by atoms with Crippen molar-refractivity contribution >= 4 is 5.91 Å². The van der Waals surface area contributed by atoms with E-state index in [1.165, 1.54) is 0 Å². The van der Waals surface area contributed by atoms with E-state index in [9.17, 15) is 4.79 Å². The summed E-state index contributed by atoms with van der Waals surface area (Å²) in [5.74, 6) is 0.108. The Hall–Kier alpha value is -0.650. The molecule has 1 unspecified atom stereocenters. The predicted molar refractivity (Wildman–Crippen MR) is 69.9 cm³/mol. The average Bonchev–Trinajstić information content (AvgIpc) is 2.24. The van der Waals surface area contributed by atoms with Gasteiger partial charge in [0.05, 0.1) is 12.7 Å². The van der Waals surface area contributed by atoms with Gasteiger partial charge in [-0.05, 0) is 20.9 Å². The highest BCUT2D eigenvalue weighted by molar-refractivity contribution is 5.76. The first-order valence-corrected chi connectivity index (χ1v) is 6.10. The Kier molecular flexibility index (Phi) is 8.12. The minimum Gasteiger partial charge on any atom is -0.377 e. The highest BCUT2D eigenvalue weighted by Crippen LogP contribution is 2.03. The van der Waals surface area contributed by atoms with Crippen LogP contribution in [0.1, 0.15) is 20.3 Å². The molecule has 2 N–H and O–H groups in total. The largest absolute Gasteiger partial charge is 0.377 e. The van der Waals surface area contributed by atoms with E-state index in [2.05, 4.69) is 4.90 Å². The molecule has 0 fully saturated rings. The van der Waals surface area contributed by atoms with E-state index in [0.29, 0.717) is 19.6 Å². The molecule has 0 heterocycles. The van der Waals surface area contributed by atoms with Gasteiger partial charge in [0.2, 0.25) is 5.91 Å². The van der Waals surface area contributed by atoms with Gasteiger partial charge in [0, 0.05) is 39.6 Å². The van der Waals surface area contributed by atoms with Crippen LogP contribution in [0.25, 0.3) is 0 Å². The van der Waals surface area contributed by atoms with Crippen LogP contribution in [0.2, 0.25) is 0 Å². The van der Waals surface area contributed by atoms with Gasteiger partial charge in [0.1, 0.15) is 0 Å². The molecule has 17 heavy (non-hydrogen) atoms. The first-order chi connectivity index (χ1) is 7.88. The van der Waals surface area contributed by atoms with E-state index in [-0.39, 0.29) is 18.1 Å². The van der Waals surface area contributed by atoms with Crippen molar-refractivity contribution in [3.63, 3.8) is 0 Å². The third-order valence-corrected chi connectivity index (χ3v) is 2.70. The summed E-state index contributed by atoms with van der Waals surface area (Å²) in [5.41, 5.74) is 5.70. The number of rotatable bonds is 8. The summed E-state index contributed by atoms with van der Waals surface area (Å²) < 4.78 is 5.48. The molecule has 0 aromatic carbocycles. The molecule has 0 saturated carbocycles. The summed E-state index contributed by atoms with van der Waals surface area (Å²) in [6.45, 7) is 5.96. The maximum absolute atomic E-state index is 11.6. The van der Waals surface area contributed by atoms with Crippen LogP contribution in [-0.4, -0.2) is 68.7 Å². The van der Waals surface area contributed by atoms with Gasteiger partial charge in [-0.25, -0.2) is 0 Å². The van der Waals surface area contributed by atoms with E-state index >= 15 is 0 Å². The summed E-state index contributed by atoms with van der Waals surface area (Å²) in [6.07, 6.45) is 0.699. The number of carbonyl (C=O) groups excluding carboxylic acids is 1. The van der Waals surface area contributed by atoms with Gasteiger partial charge in [-0.15, -0.1) is 0 Å². The second-order valence-electron chi connectivity index (χ2n) is 4.78. The maximum atomic E-state index is 11.6. The van der Waals surface area contributed by atoms with Crippen molar-refractivity contribution < 1.29 is 9.53 Å². The molecule has 5 heteroatoms. The van der Waals surface area contributed by atoms with Crippen molar-refractivity contribution in [2.24, 2.45) is 5.73 Å². The van der Waals surface area contributed by atoms with Crippen molar-refractivity contribution in [1.29, 1.82) is 0 Å². The Morgan fingerprint density at radius 3 is 2.29 bits per heavy atom. The fourth-order valence-corrected chi connectivity index (χ4v) is 1.42. The first kappa shape index (κ1) is 16.4. The van der Waals surface area contributed by atoms with E-state index in [0.717, 1.165) is 6.54 Å². The lowest BCUT2D eigenvalue weighted by Crippen LogP contribution is -2.43. The molecule has 0 spiro atoms. The van der Waals surface area contributed by atoms with Crippen molar-refractivity contribution in [1.82, 2.24) is 9.80 Å². The number of nitrogens with zero attached hydrogens (tertiary/aromatic N) is 2. The number of likely N-dealkylation sites (N-methyl/N-ethyl adjacent to an activating group) is 1. The summed E-state index contributed by atoms with van der Waals surface area (Å²) in [7, 11) is 5.50. The summed E-state index contributed by atoms with van der Waals surface area (Å²) >= 11 is 0. The molecule has 0 radical (unpaired) electrons. The third kappa shape index (κ3) is 7.31. The Bertz CT molecular complexity index is 220.